The Labute approximate surface area is 127 Å². The number of hydrogen-bond acceptors (Lipinski definition) is 6. The van der Waals surface area contributed by atoms with Crippen molar-refractivity contribution >= 4 is 17.4 Å². The fourth-order valence-corrected chi connectivity index (χ4v) is 1.72. The molecular weight excluding hydrogens is 294 g/mol. The predicted molar refractivity (Wildman–Crippen MR) is 79.2 cm³/mol. The van der Waals surface area contributed by atoms with E-state index in [1.807, 2.05) is 0 Å². The Kier molecular flexibility index (Phi) is 7.06. The maximum Gasteiger partial charge on any atom is 0.319 e. The second kappa shape index (κ2) is 8.80. The molecule has 0 aliphatic heterocycles. The summed E-state index contributed by atoms with van der Waals surface area (Å²) in [6.07, 6.45) is 0.437. The second-order valence-corrected chi connectivity index (χ2v) is 4.40. The minimum Gasteiger partial charge on any atom is -0.495 e. The summed E-state index contributed by atoms with van der Waals surface area (Å²) < 4.78 is 9.92. The first-order valence-electron chi connectivity index (χ1n) is 6.51. The van der Waals surface area contributed by atoms with Crippen molar-refractivity contribution < 1.29 is 24.3 Å². The third kappa shape index (κ3) is 5.19. The Morgan fingerprint density at radius 2 is 2.18 bits per heavy atom. The monoisotopic (exact) mass is 313 g/mol. The van der Waals surface area contributed by atoms with Crippen LogP contribution in [-0.2, 0) is 4.74 Å². The maximum absolute atomic E-state index is 11.9. The van der Waals surface area contributed by atoms with E-state index in [4.69, 9.17) is 9.47 Å². The van der Waals surface area contributed by atoms with Crippen molar-refractivity contribution in [1.29, 1.82) is 0 Å². The number of nitrogens with one attached hydrogen (secondary N) is 2. The van der Waals surface area contributed by atoms with Gasteiger partial charge in [-0.2, -0.15) is 0 Å². The van der Waals surface area contributed by atoms with Crippen LogP contribution in [0, 0.1) is 10.1 Å². The Hall–Kier alpha value is -2.39. The first kappa shape index (κ1) is 17.7. The second-order valence-electron chi connectivity index (χ2n) is 4.40. The lowest BCUT2D eigenvalue weighted by atomic mass is 10.2. The zero-order valence-electron chi connectivity index (χ0n) is 12.4. The SMILES string of the molecule is COCCC(CO)NC(=O)Nc1cc([N+](=O)[O-])ccc1OC. The number of anilines is 1. The van der Waals surface area contributed by atoms with Crippen LogP contribution < -0.4 is 15.4 Å². The number of aliphatic hydroxyl groups excluding tert-OH is 1. The number of carbonyl (C=O) groups is 1. The highest BCUT2D eigenvalue weighted by Crippen LogP contribution is 2.28. The van der Waals surface area contributed by atoms with Gasteiger partial charge in [-0.05, 0) is 12.5 Å². The molecule has 0 saturated heterocycles. The number of nitro groups is 1. The van der Waals surface area contributed by atoms with E-state index in [0.717, 1.165) is 0 Å². The average Bonchev–Trinajstić information content (AvgIpc) is 2.51. The Balaban J connectivity index is 2.77. The third-order valence-electron chi connectivity index (χ3n) is 2.87. The first-order valence-corrected chi connectivity index (χ1v) is 6.51. The molecule has 3 N–H and O–H groups in total. The van der Waals surface area contributed by atoms with Crippen LogP contribution in [0.15, 0.2) is 18.2 Å². The fourth-order valence-electron chi connectivity index (χ4n) is 1.72. The smallest absolute Gasteiger partial charge is 0.319 e. The van der Waals surface area contributed by atoms with Crippen molar-refractivity contribution in [2.45, 2.75) is 12.5 Å². The quantitative estimate of drug-likeness (QED) is 0.488. The number of methoxy groups -OCH3 is 2. The van der Waals surface area contributed by atoms with Crippen LogP contribution in [0.2, 0.25) is 0 Å². The molecule has 0 saturated carbocycles. The van der Waals surface area contributed by atoms with Crippen molar-refractivity contribution in [3.05, 3.63) is 28.3 Å². The van der Waals surface area contributed by atoms with E-state index < -0.39 is 17.0 Å². The summed E-state index contributed by atoms with van der Waals surface area (Å²) >= 11 is 0. The lowest BCUT2D eigenvalue weighted by Crippen LogP contribution is -2.40. The van der Waals surface area contributed by atoms with Crippen molar-refractivity contribution in [2.24, 2.45) is 0 Å². The normalized spacial score (nSPS) is 11.6. The van der Waals surface area contributed by atoms with E-state index in [1.54, 1.807) is 0 Å². The molecule has 22 heavy (non-hydrogen) atoms. The number of non-ortho nitro benzene ring substituents is 1. The van der Waals surface area contributed by atoms with Gasteiger partial charge < -0.3 is 25.2 Å². The lowest BCUT2D eigenvalue weighted by molar-refractivity contribution is -0.384. The lowest BCUT2D eigenvalue weighted by Gasteiger charge is -2.17. The molecule has 0 spiro atoms. The summed E-state index contributed by atoms with van der Waals surface area (Å²) in [5.74, 6) is 0.290. The van der Waals surface area contributed by atoms with Gasteiger partial charge in [-0.15, -0.1) is 0 Å². The van der Waals surface area contributed by atoms with Crippen molar-refractivity contribution in [2.75, 3.05) is 32.8 Å². The van der Waals surface area contributed by atoms with Crippen LogP contribution in [0.25, 0.3) is 0 Å². The molecule has 9 heteroatoms. The molecule has 0 bridgehead atoms. The molecule has 2 amide bonds. The van der Waals surface area contributed by atoms with Gasteiger partial charge in [0.15, 0.2) is 0 Å². The molecule has 0 aliphatic carbocycles. The number of urea groups is 1. The minimum atomic E-state index is -0.603. The van der Waals surface area contributed by atoms with Crippen molar-refractivity contribution in [3.8, 4) is 5.75 Å². The number of ether oxygens (including phenoxy) is 2. The summed E-state index contributed by atoms with van der Waals surface area (Å²) in [5.41, 5.74) is -0.00757. The number of amides is 2. The molecule has 1 rings (SSSR count). The molecule has 0 radical (unpaired) electrons. The van der Waals surface area contributed by atoms with Crippen LogP contribution in [0.1, 0.15) is 6.42 Å². The highest BCUT2D eigenvalue weighted by atomic mass is 16.6. The van der Waals surface area contributed by atoms with Gasteiger partial charge in [0.25, 0.3) is 5.69 Å². The summed E-state index contributed by atoms with van der Waals surface area (Å²) in [6, 6.07) is 2.78. The van der Waals surface area contributed by atoms with E-state index >= 15 is 0 Å². The molecule has 0 heterocycles. The Bertz CT molecular complexity index is 522. The molecule has 9 nitrogen and oxygen atoms in total. The summed E-state index contributed by atoms with van der Waals surface area (Å²) in [4.78, 5) is 22.1. The molecule has 1 atom stereocenters. The molecule has 1 aromatic rings. The van der Waals surface area contributed by atoms with Gasteiger partial charge in [-0.25, -0.2) is 4.79 Å². The molecule has 0 aromatic heterocycles. The van der Waals surface area contributed by atoms with Crippen LogP contribution in [-0.4, -0.2) is 49.5 Å². The number of aliphatic hydroxyl groups is 1. The number of nitro benzene ring substituents is 1. The largest absolute Gasteiger partial charge is 0.495 e. The third-order valence-corrected chi connectivity index (χ3v) is 2.87. The molecular formula is C13H19N3O6. The van der Waals surface area contributed by atoms with Gasteiger partial charge in [0.1, 0.15) is 5.75 Å². The maximum atomic E-state index is 11.9. The van der Waals surface area contributed by atoms with Gasteiger partial charge in [-0.3, -0.25) is 10.1 Å². The van der Waals surface area contributed by atoms with E-state index in [-0.39, 0.29) is 23.7 Å². The number of carbonyl (C=O) groups excluding carboxylic acids is 1. The van der Waals surface area contributed by atoms with Gasteiger partial charge in [-0.1, -0.05) is 0 Å². The molecule has 0 aliphatic rings. The van der Waals surface area contributed by atoms with Crippen LogP contribution in [0.3, 0.4) is 0 Å². The van der Waals surface area contributed by atoms with Gasteiger partial charge in [0, 0.05) is 25.8 Å². The summed E-state index contributed by atoms with van der Waals surface area (Å²) in [6.45, 7) is 0.133. The minimum absolute atomic E-state index is 0.164. The van der Waals surface area contributed by atoms with Crippen molar-refractivity contribution in [1.82, 2.24) is 5.32 Å². The van der Waals surface area contributed by atoms with Gasteiger partial charge >= 0.3 is 6.03 Å². The highest BCUT2D eigenvalue weighted by Gasteiger charge is 2.16. The molecule has 1 unspecified atom stereocenters. The van der Waals surface area contributed by atoms with Crippen LogP contribution in [0.5, 0.6) is 5.75 Å². The average molecular weight is 313 g/mol. The predicted octanol–water partition coefficient (Wildman–Crippen LogP) is 1.12. The number of benzene rings is 1. The summed E-state index contributed by atoms with van der Waals surface area (Å²) in [5, 5.41) is 25.0. The fraction of sp³-hybridized carbons (Fsp3) is 0.462. The van der Waals surface area contributed by atoms with E-state index in [9.17, 15) is 20.0 Å². The van der Waals surface area contributed by atoms with Crippen LogP contribution in [0.4, 0.5) is 16.2 Å². The number of nitrogens with zero attached hydrogens (tertiary/aromatic N) is 1. The molecule has 0 fully saturated rings. The summed E-state index contributed by atoms with van der Waals surface area (Å²) in [7, 11) is 2.90. The number of rotatable bonds is 8. The van der Waals surface area contributed by atoms with Gasteiger partial charge in [0.05, 0.1) is 30.4 Å². The van der Waals surface area contributed by atoms with E-state index in [0.29, 0.717) is 13.0 Å². The van der Waals surface area contributed by atoms with E-state index in [2.05, 4.69) is 10.6 Å². The Morgan fingerprint density at radius 1 is 1.45 bits per heavy atom. The zero-order chi connectivity index (χ0) is 16.5. The van der Waals surface area contributed by atoms with Crippen molar-refractivity contribution in [3.63, 3.8) is 0 Å². The zero-order valence-corrected chi connectivity index (χ0v) is 12.4. The Morgan fingerprint density at radius 3 is 2.73 bits per heavy atom. The van der Waals surface area contributed by atoms with E-state index in [1.165, 1.54) is 32.4 Å². The van der Waals surface area contributed by atoms with Crippen LogP contribution >= 0.6 is 0 Å². The molecule has 122 valence electrons. The number of hydrogen-bond donors (Lipinski definition) is 3. The topological polar surface area (TPSA) is 123 Å². The molecule has 1 aromatic carbocycles. The first-order chi connectivity index (χ1) is 10.5. The standard InChI is InChI=1S/C13H19N3O6/c1-21-6-5-9(8-17)14-13(18)15-11-7-10(16(19)20)3-4-12(11)22-2/h3-4,7,9,17H,5-6,8H2,1-2H3,(H2,14,15,18). The van der Waals surface area contributed by atoms with Gasteiger partial charge in [0.2, 0.25) is 0 Å². The highest BCUT2D eigenvalue weighted by molar-refractivity contribution is 5.91.